The highest BCUT2D eigenvalue weighted by atomic mass is 32.2. The van der Waals surface area contributed by atoms with E-state index >= 15 is 0 Å². The fourth-order valence-electron chi connectivity index (χ4n) is 1.10. The summed E-state index contributed by atoms with van der Waals surface area (Å²) in [6, 6.07) is 1.35. The summed E-state index contributed by atoms with van der Waals surface area (Å²) in [5.41, 5.74) is -1.25. The van der Waals surface area contributed by atoms with Crippen molar-refractivity contribution in [1.82, 2.24) is 5.32 Å². The first-order chi connectivity index (χ1) is 6.08. The van der Waals surface area contributed by atoms with Crippen LogP contribution in [0.15, 0.2) is 0 Å². The molecule has 1 unspecified atom stereocenters. The summed E-state index contributed by atoms with van der Waals surface area (Å²) < 4.78 is 0. The largest absolute Gasteiger partial charge is 0.379 e. The summed E-state index contributed by atoms with van der Waals surface area (Å²) in [5.74, 6) is 0.800. The second-order valence-electron chi connectivity index (χ2n) is 3.16. The summed E-state index contributed by atoms with van der Waals surface area (Å²) in [6.45, 7) is 1.59. The zero-order chi connectivity index (χ0) is 9.90. The monoisotopic (exact) mass is 200 g/mol. The molecule has 1 heterocycles. The molecular formula is C8H12N2O2S. The number of thioether (sulfide) groups is 1. The minimum Gasteiger partial charge on any atom is -0.379 e. The Morgan fingerprint density at radius 2 is 2.54 bits per heavy atom. The number of carbonyl (C=O) groups is 1. The van der Waals surface area contributed by atoms with Crippen LogP contribution in [0, 0.1) is 11.3 Å². The van der Waals surface area contributed by atoms with Crippen molar-refractivity contribution >= 4 is 17.7 Å². The predicted molar refractivity (Wildman–Crippen MR) is 50.1 cm³/mol. The number of hydrogen-bond donors (Lipinski definition) is 2. The van der Waals surface area contributed by atoms with Crippen LogP contribution in [0.1, 0.15) is 13.3 Å². The SMILES string of the molecule is C[C@@H](C#N)NC(=O)C1(O)CCSC1. The van der Waals surface area contributed by atoms with Crippen molar-refractivity contribution in [2.24, 2.45) is 0 Å². The number of hydrogen-bond acceptors (Lipinski definition) is 4. The number of nitrogens with one attached hydrogen (secondary N) is 1. The summed E-state index contributed by atoms with van der Waals surface area (Å²) in [4.78, 5) is 11.4. The van der Waals surface area contributed by atoms with Crippen molar-refractivity contribution in [3.63, 3.8) is 0 Å². The van der Waals surface area contributed by atoms with Gasteiger partial charge < -0.3 is 10.4 Å². The molecule has 0 aromatic rings. The first-order valence-electron chi connectivity index (χ1n) is 4.09. The van der Waals surface area contributed by atoms with Crippen molar-refractivity contribution in [3.8, 4) is 6.07 Å². The van der Waals surface area contributed by atoms with Crippen LogP contribution in [0.5, 0.6) is 0 Å². The molecule has 1 amide bonds. The van der Waals surface area contributed by atoms with E-state index in [1.165, 1.54) is 0 Å². The van der Waals surface area contributed by atoms with Crippen molar-refractivity contribution in [1.29, 1.82) is 5.26 Å². The lowest BCUT2D eigenvalue weighted by Gasteiger charge is -2.20. The van der Waals surface area contributed by atoms with Crippen molar-refractivity contribution in [2.75, 3.05) is 11.5 Å². The molecule has 13 heavy (non-hydrogen) atoms. The number of nitrogens with zero attached hydrogens (tertiary/aromatic N) is 1. The molecule has 0 spiro atoms. The highest BCUT2D eigenvalue weighted by Crippen LogP contribution is 2.27. The zero-order valence-corrected chi connectivity index (χ0v) is 8.23. The first kappa shape index (κ1) is 10.4. The van der Waals surface area contributed by atoms with E-state index in [9.17, 15) is 9.90 Å². The summed E-state index contributed by atoms with van der Waals surface area (Å²) in [7, 11) is 0. The highest BCUT2D eigenvalue weighted by Gasteiger charge is 2.39. The minimum absolute atomic E-state index is 0.424. The van der Waals surface area contributed by atoms with E-state index in [1.807, 2.05) is 6.07 Å². The topological polar surface area (TPSA) is 73.1 Å². The van der Waals surface area contributed by atoms with Gasteiger partial charge in [-0.2, -0.15) is 17.0 Å². The Balaban J connectivity index is 2.52. The van der Waals surface area contributed by atoms with Crippen LogP contribution in [0.25, 0.3) is 0 Å². The predicted octanol–water partition coefficient (Wildman–Crippen LogP) is -0.117. The Morgan fingerprint density at radius 3 is 3.00 bits per heavy atom. The van der Waals surface area contributed by atoms with Gasteiger partial charge in [-0.15, -0.1) is 0 Å². The van der Waals surface area contributed by atoms with Crippen LogP contribution in [0.4, 0.5) is 0 Å². The molecule has 5 heteroatoms. The average molecular weight is 200 g/mol. The van der Waals surface area contributed by atoms with E-state index < -0.39 is 17.6 Å². The van der Waals surface area contributed by atoms with Gasteiger partial charge in [-0.3, -0.25) is 4.79 Å². The van der Waals surface area contributed by atoms with Crippen LogP contribution in [-0.4, -0.2) is 34.2 Å². The molecule has 0 aliphatic carbocycles. The lowest BCUT2D eigenvalue weighted by atomic mass is 10.0. The fourth-order valence-corrected chi connectivity index (χ4v) is 2.34. The van der Waals surface area contributed by atoms with Gasteiger partial charge in [0.1, 0.15) is 6.04 Å². The Bertz CT molecular complexity index is 243. The summed E-state index contributed by atoms with van der Waals surface area (Å²) in [5, 5.41) is 20.7. The highest BCUT2D eigenvalue weighted by molar-refractivity contribution is 7.99. The van der Waals surface area contributed by atoms with E-state index in [0.29, 0.717) is 12.2 Å². The number of nitriles is 1. The van der Waals surface area contributed by atoms with Gasteiger partial charge in [0, 0.05) is 5.75 Å². The second kappa shape index (κ2) is 3.99. The lowest BCUT2D eigenvalue weighted by Crippen LogP contribution is -2.49. The molecule has 1 aliphatic heterocycles. The Kier molecular flexibility index (Phi) is 3.17. The van der Waals surface area contributed by atoms with Gasteiger partial charge >= 0.3 is 0 Å². The maximum Gasteiger partial charge on any atom is 0.253 e. The summed E-state index contributed by atoms with van der Waals surface area (Å²) in [6.07, 6.45) is 0.474. The Morgan fingerprint density at radius 1 is 1.85 bits per heavy atom. The van der Waals surface area contributed by atoms with E-state index in [1.54, 1.807) is 18.7 Å². The first-order valence-corrected chi connectivity index (χ1v) is 5.25. The number of amides is 1. The van der Waals surface area contributed by atoms with Crippen LogP contribution >= 0.6 is 11.8 Å². The molecule has 1 aliphatic rings. The van der Waals surface area contributed by atoms with E-state index in [4.69, 9.17) is 5.26 Å². The van der Waals surface area contributed by atoms with Crippen LogP contribution in [0.3, 0.4) is 0 Å². The number of carbonyl (C=O) groups excluding carboxylic acids is 1. The average Bonchev–Trinajstić information content (AvgIpc) is 2.53. The zero-order valence-electron chi connectivity index (χ0n) is 7.41. The fraction of sp³-hybridized carbons (Fsp3) is 0.750. The maximum absolute atomic E-state index is 11.4. The molecule has 0 bridgehead atoms. The van der Waals surface area contributed by atoms with Crippen LogP contribution < -0.4 is 5.32 Å². The lowest BCUT2D eigenvalue weighted by molar-refractivity contribution is -0.137. The molecule has 1 fully saturated rings. The van der Waals surface area contributed by atoms with Gasteiger partial charge in [-0.25, -0.2) is 0 Å². The molecule has 0 aromatic heterocycles. The Hall–Kier alpha value is -0.730. The second-order valence-corrected chi connectivity index (χ2v) is 4.26. The smallest absolute Gasteiger partial charge is 0.253 e. The third kappa shape index (κ3) is 2.36. The van der Waals surface area contributed by atoms with Crippen molar-refractivity contribution in [2.45, 2.75) is 25.0 Å². The van der Waals surface area contributed by atoms with E-state index in [0.717, 1.165) is 5.75 Å². The molecule has 1 rings (SSSR count). The van der Waals surface area contributed by atoms with Gasteiger partial charge in [0.25, 0.3) is 5.91 Å². The van der Waals surface area contributed by atoms with Gasteiger partial charge in [0.15, 0.2) is 5.60 Å². The van der Waals surface area contributed by atoms with Crippen molar-refractivity contribution < 1.29 is 9.90 Å². The van der Waals surface area contributed by atoms with E-state index in [-0.39, 0.29) is 0 Å². The molecular weight excluding hydrogens is 188 g/mol. The van der Waals surface area contributed by atoms with Gasteiger partial charge in [-0.1, -0.05) is 0 Å². The molecule has 4 nitrogen and oxygen atoms in total. The van der Waals surface area contributed by atoms with Crippen molar-refractivity contribution in [3.05, 3.63) is 0 Å². The molecule has 2 N–H and O–H groups in total. The van der Waals surface area contributed by atoms with E-state index in [2.05, 4.69) is 5.32 Å². The Labute approximate surface area is 81.3 Å². The standard InChI is InChI=1S/C8H12N2O2S/c1-6(4-9)10-7(11)8(12)2-3-13-5-8/h6,12H,2-3,5H2,1H3,(H,10,11)/t6-,8?/m0/s1. The quantitative estimate of drug-likeness (QED) is 0.652. The maximum atomic E-state index is 11.4. The molecule has 72 valence electrons. The van der Waals surface area contributed by atoms with Crippen LogP contribution in [-0.2, 0) is 4.79 Å². The number of rotatable bonds is 2. The van der Waals surface area contributed by atoms with Gasteiger partial charge in [0.2, 0.25) is 0 Å². The minimum atomic E-state index is -1.25. The molecule has 2 atom stereocenters. The number of aliphatic hydroxyl groups is 1. The molecule has 1 saturated heterocycles. The molecule has 0 aromatic carbocycles. The molecule has 0 radical (unpaired) electrons. The summed E-state index contributed by atoms with van der Waals surface area (Å²) >= 11 is 1.55. The van der Waals surface area contributed by atoms with Crippen LogP contribution in [0.2, 0.25) is 0 Å². The van der Waals surface area contributed by atoms with Gasteiger partial charge in [-0.05, 0) is 19.1 Å². The third-order valence-corrected chi connectivity index (χ3v) is 3.14. The molecule has 0 saturated carbocycles. The van der Waals surface area contributed by atoms with Gasteiger partial charge in [0.05, 0.1) is 6.07 Å². The third-order valence-electron chi connectivity index (χ3n) is 1.96. The normalized spacial score (nSPS) is 29.3.